The highest BCUT2D eigenvalue weighted by Crippen LogP contribution is 2.37. The van der Waals surface area contributed by atoms with Gasteiger partial charge in [-0.1, -0.05) is 13.0 Å². The molecule has 0 aromatic carbocycles. The smallest absolute Gasteiger partial charge is 0.306 e. The van der Waals surface area contributed by atoms with Gasteiger partial charge in [0.25, 0.3) is 0 Å². The minimum absolute atomic E-state index is 0.195. The molecular formula is C12H15NO3. The Balaban J connectivity index is 2.17. The van der Waals surface area contributed by atoms with Crippen LogP contribution < -0.4 is 0 Å². The lowest BCUT2D eigenvalue weighted by molar-refractivity contribution is -0.144. The molecule has 2 rings (SSSR count). The van der Waals surface area contributed by atoms with Crippen LogP contribution in [0, 0.1) is 5.92 Å². The highest BCUT2D eigenvalue weighted by Gasteiger charge is 2.43. The van der Waals surface area contributed by atoms with E-state index in [-0.39, 0.29) is 11.3 Å². The third-order valence-corrected chi connectivity index (χ3v) is 3.08. The van der Waals surface area contributed by atoms with Crippen LogP contribution >= 0.6 is 0 Å². The van der Waals surface area contributed by atoms with E-state index in [0.29, 0.717) is 19.6 Å². The Labute approximate surface area is 94.3 Å². The van der Waals surface area contributed by atoms with Crippen molar-refractivity contribution in [1.82, 2.24) is 4.98 Å². The van der Waals surface area contributed by atoms with Gasteiger partial charge in [0.2, 0.25) is 0 Å². The van der Waals surface area contributed by atoms with Gasteiger partial charge in [0.05, 0.1) is 30.2 Å². The maximum absolute atomic E-state index is 10.9. The lowest BCUT2D eigenvalue weighted by Gasteiger charge is -2.42. The molecule has 0 aliphatic carbocycles. The number of pyridine rings is 1. The lowest BCUT2D eigenvalue weighted by atomic mass is 9.75. The van der Waals surface area contributed by atoms with Gasteiger partial charge in [0.1, 0.15) is 0 Å². The van der Waals surface area contributed by atoms with Crippen LogP contribution in [0.3, 0.4) is 0 Å². The van der Waals surface area contributed by atoms with Crippen LogP contribution in [0.5, 0.6) is 0 Å². The number of aromatic nitrogens is 1. The van der Waals surface area contributed by atoms with Crippen LogP contribution in [0.25, 0.3) is 0 Å². The minimum Gasteiger partial charge on any atom is -0.481 e. The molecule has 1 aliphatic heterocycles. The molecule has 2 heterocycles. The molecule has 0 bridgehead atoms. The number of ether oxygens (including phenoxy) is 1. The molecule has 0 radical (unpaired) electrons. The molecule has 1 atom stereocenters. The van der Waals surface area contributed by atoms with E-state index in [1.165, 1.54) is 0 Å². The largest absolute Gasteiger partial charge is 0.481 e. The zero-order valence-electron chi connectivity index (χ0n) is 9.22. The Morgan fingerprint density at radius 1 is 1.62 bits per heavy atom. The summed E-state index contributed by atoms with van der Waals surface area (Å²) in [4.78, 5) is 15.2. The topological polar surface area (TPSA) is 59.4 Å². The first-order valence-corrected chi connectivity index (χ1v) is 5.36. The van der Waals surface area contributed by atoms with Crippen LogP contribution in [0.1, 0.15) is 19.0 Å². The number of hydrogen-bond acceptors (Lipinski definition) is 3. The van der Waals surface area contributed by atoms with E-state index in [4.69, 9.17) is 9.84 Å². The number of carboxylic acid groups (broad SMARTS) is 1. The Hall–Kier alpha value is -1.42. The van der Waals surface area contributed by atoms with Crippen LogP contribution in [-0.4, -0.2) is 29.3 Å². The molecule has 1 aromatic rings. The third-order valence-electron chi connectivity index (χ3n) is 3.08. The number of carbonyl (C=O) groups is 1. The number of nitrogens with zero attached hydrogens (tertiary/aromatic N) is 1. The van der Waals surface area contributed by atoms with Crippen LogP contribution in [0.2, 0.25) is 0 Å². The average molecular weight is 221 g/mol. The highest BCUT2D eigenvalue weighted by molar-refractivity contribution is 5.69. The van der Waals surface area contributed by atoms with E-state index < -0.39 is 5.97 Å². The summed E-state index contributed by atoms with van der Waals surface area (Å²) in [5.41, 5.74) is 0.744. The van der Waals surface area contributed by atoms with Crippen molar-refractivity contribution in [3.63, 3.8) is 0 Å². The molecule has 1 saturated heterocycles. The van der Waals surface area contributed by atoms with Crippen LogP contribution in [0.15, 0.2) is 24.4 Å². The van der Waals surface area contributed by atoms with E-state index in [0.717, 1.165) is 5.69 Å². The van der Waals surface area contributed by atoms with Gasteiger partial charge >= 0.3 is 5.97 Å². The fraction of sp³-hybridized carbons (Fsp3) is 0.500. The Kier molecular flexibility index (Phi) is 2.92. The molecule has 4 nitrogen and oxygen atoms in total. The van der Waals surface area contributed by atoms with E-state index in [1.54, 1.807) is 13.1 Å². The lowest BCUT2D eigenvalue weighted by Crippen LogP contribution is -2.49. The average Bonchev–Trinajstić information content (AvgIpc) is 2.24. The zero-order valence-corrected chi connectivity index (χ0v) is 9.22. The zero-order chi connectivity index (χ0) is 11.6. The summed E-state index contributed by atoms with van der Waals surface area (Å²) in [7, 11) is 0. The molecule has 86 valence electrons. The van der Waals surface area contributed by atoms with Gasteiger partial charge in [0.15, 0.2) is 0 Å². The number of hydrogen-bond donors (Lipinski definition) is 1. The third kappa shape index (κ3) is 1.93. The van der Waals surface area contributed by atoms with E-state index in [1.807, 2.05) is 18.2 Å². The predicted octanol–water partition coefficient (Wildman–Crippen LogP) is 1.46. The van der Waals surface area contributed by atoms with Crippen molar-refractivity contribution in [1.29, 1.82) is 0 Å². The molecule has 0 amide bonds. The number of aliphatic carboxylic acids is 1. The fourth-order valence-electron chi connectivity index (χ4n) is 2.07. The maximum Gasteiger partial charge on any atom is 0.306 e. The van der Waals surface area contributed by atoms with Gasteiger partial charge in [-0.2, -0.15) is 0 Å². The molecule has 0 saturated carbocycles. The summed E-state index contributed by atoms with van der Waals surface area (Å²) in [6.45, 7) is 2.87. The molecule has 4 heteroatoms. The number of carboxylic acids is 1. The van der Waals surface area contributed by atoms with Crippen molar-refractivity contribution < 1.29 is 14.6 Å². The van der Waals surface area contributed by atoms with Gasteiger partial charge < -0.3 is 9.84 Å². The second-order valence-electron chi connectivity index (χ2n) is 4.43. The molecule has 1 aliphatic rings. The summed E-state index contributed by atoms with van der Waals surface area (Å²) >= 11 is 0. The maximum atomic E-state index is 10.9. The van der Waals surface area contributed by atoms with Gasteiger partial charge in [-0.25, -0.2) is 0 Å². The Morgan fingerprint density at radius 3 is 2.81 bits per heavy atom. The second kappa shape index (κ2) is 4.22. The van der Waals surface area contributed by atoms with Gasteiger partial charge in [0, 0.05) is 6.20 Å². The SMILES string of the molecule is CC(CC1(c2ccccn2)COC1)C(=O)O. The van der Waals surface area contributed by atoms with Crippen molar-refractivity contribution in [2.45, 2.75) is 18.8 Å². The molecule has 1 unspecified atom stereocenters. The molecule has 0 spiro atoms. The van der Waals surface area contributed by atoms with Crippen LogP contribution in [-0.2, 0) is 14.9 Å². The van der Waals surface area contributed by atoms with E-state index >= 15 is 0 Å². The summed E-state index contributed by atoms with van der Waals surface area (Å²) in [6.07, 6.45) is 2.32. The van der Waals surface area contributed by atoms with Crippen molar-refractivity contribution in [3.05, 3.63) is 30.1 Å². The number of rotatable bonds is 4. The van der Waals surface area contributed by atoms with Crippen molar-refractivity contribution >= 4 is 5.97 Å². The van der Waals surface area contributed by atoms with Crippen LogP contribution in [0.4, 0.5) is 0 Å². The molecule has 1 aromatic heterocycles. The van der Waals surface area contributed by atoms with Gasteiger partial charge in [-0.15, -0.1) is 0 Å². The predicted molar refractivity (Wildman–Crippen MR) is 58.2 cm³/mol. The summed E-state index contributed by atoms with van der Waals surface area (Å²) < 4.78 is 5.24. The summed E-state index contributed by atoms with van der Waals surface area (Å²) in [5, 5.41) is 8.95. The fourth-order valence-corrected chi connectivity index (χ4v) is 2.07. The first-order chi connectivity index (χ1) is 7.64. The van der Waals surface area contributed by atoms with Gasteiger partial charge in [-0.05, 0) is 18.6 Å². The minimum atomic E-state index is -0.762. The summed E-state index contributed by atoms with van der Waals surface area (Å²) in [6, 6.07) is 5.72. The second-order valence-corrected chi connectivity index (χ2v) is 4.43. The molecule has 16 heavy (non-hydrogen) atoms. The van der Waals surface area contributed by atoms with Crippen molar-refractivity contribution in [3.8, 4) is 0 Å². The van der Waals surface area contributed by atoms with Crippen molar-refractivity contribution in [2.75, 3.05) is 13.2 Å². The quantitative estimate of drug-likeness (QED) is 0.836. The monoisotopic (exact) mass is 221 g/mol. The molecule has 1 fully saturated rings. The first-order valence-electron chi connectivity index (χ1n) is 5.36. The Morgan fingerprint density at radius 2 is 2.38 bits per heavy atom. The first kappa shape index (κ1) is 11.1. The van der Waals surface area contributed by atoms with Gasteiger partial charge in [-0.3, -0.25) is 9.78 Å². The van der Waals surface area contributed by atoms with E-state index in [2.05, 4.69) is 4.98 Å². The summed E-state index contributed by atoms with van der Waals surface area (Å²) in [5.74, 6) is -1.13. The molecule has 1 N–H and O–H groups in total. The Bertz CT molecular complexity index is 373. The normalized spacial score (nSPS) is 19.8. The standard InChI is InChI=1S/C12H15NO3/c1-9(11(14)15)6-12(7-16-8-12)10-4-2-3-5-13-10/h2-5,9H,6-8H2,1H3,(H,14,15). The molecular weight excluding hydrogens is 206 g/mol. The van der Waals surface area contributed by atoms with E-state index in [9.17, 15) is 4.79 Å². The highest BCUT2D eigenvalue weighted by atomic mass is 16.5. The van der Waals surface area contributed by atoms with Crippen molar-refractivity contribution in [2.24, 2.45) is 5.92 Å².